The molecule has 0 bridgehead atoms. The quantitative estimate of drug-likeness (QED) is 0.707. The van der Waals surface area contributed by atoms with Gasteiger partial charge in [0.25, 0.3) is 5.91 Å². The largest absolute Gasteiger partial charge is 0.328 e. The van der Waals surface area contributed by atoms with Gasteiger partial charge in [-0.05, 0) is 62.3 Å². The van der Waals surface area contributed by atoms with Crippen molar-refractivity contribution in [3.63, 3.8) is 0 Å². The van der Waals surface area contributed by atoms with Crippen LogP contribution < -0.4 is 0 Å². The van der Waals surface area contributed by atoms with Crippen LogP contribution >= 0.6 is 11.3 Å². The standard InChI is InChI=1S/C19H20N4OS/c24-19(16-12-13-6-1-2-8-15(13)25-16)22-11-5-7-14(22)18-21-20-17-9-3-4-10-23(17)18/h3-4,9-10,12,14H,1-2,5-8,11H2. The highest BCUT2D eigenvalue weighted by Gasteiger charge is 2.34. The van der Waals surface area contributed by atoms with Crippen LogP contribution in [0.4, 0.5) is 0 Å². The Morgan fingerprint density at radius 1 is 1.16 bits per heavy atom. The van der Waals surface area contributed by atoms with E-state index in [2.05, 4.69) is 16.3 Å². The predicted molar refractivity (Wildman–Crippen MR) is 97.0 cm³/mol. The zero-order chi connectivity index (χ0) is 16.8. The van der Waals surface area contributed by atoms with Gasteiger partial charge in [0.1, 0.15) is 0 Å². The van der Waals surface area contributed by atoms with Gasteiger partial charge < -0.3 is 4.90 Å². The van der Waals surface area contributed by atoms with Gasteiger partial charge in [-0.1, -0.05) is 6.07 Å². The number of fused-ring (bicyclic) bond motifs is 2. The molecule has 0 saturated carbocycles. The number of nitrogens with zero attached hydrogens (tertiary/aromatic N) is 4. The second kappa shape index (κ2) is 5.95. The zero-order valence-electron chi connectivity index (χ0n) is 14.0. The van der Waals surface area contributed by atoms with Crippen LogP contribution in [0.5, 0.6) is 0 Å². The second-order valence-electron chi connectivity index (χ2n) is 6.91. The van der Waals surface area contributed by atoms with E-state index in [1.165, 1.54) is 23.3 Å². The Labute approximate surface area is 150 Å². The first kappa shape index (κ1) is 15.1. The first-order valence-corrected chi connectivity index (χ1v) is 9.85. The summed E-state index contributed by atoms with van der Waals surface area (Å²) in [4.78, 5) is 17.5. The normalized spacial score (nSPS) is 20.2. The summed E-state index contributed by atoms with van der Waals surface area (Å²) < 4.78 is 2.01. The van der Waals surface area contributed by atoms with Crippen LogP contribution in [0.3, 0.4) is 0 Å². The van der Waals surface area contributed by atoms with Crippen LogP contribution in [0.2, 0.25) is 0 Å². The van der Waals surface area contributed by atoms with Gasteiger partial charge in [0.05, 0.1) is 10.9 Å². The minimum atomic E-state index is 0.0176. The Bertz CT molecular complexity index is 920. The number of likely N-dealkylation sites (tertiary alicyclic amines) is 1. The molecule has 1 amide bonds. The summed E-state index contributed by atoms with van der Waals surface area (Å²) in [5.41, 5.74) is 2.23. The maximum absolute atomic E-state index is 13.2. The molecule has 4 heterocycles. The van der Waals surface area contributed by atoms with Gasteiger partial charge >= 0.3 is 0 Å². The van der Waals surface area contributed by atoms with E-state index in [0.717, 1.165) is 48.6 Å². The molecule has 0 N–H and O–H groups in total. The van der Waals surface area contributed by atoms with E-state index in [-0.39, 0.29) is 11.9 Å². The minimum absolute atomic E-state index is 0.0176. The highest BCUT2D eigenvalue weighted by Crippen LogP contribution is 2.35. The summed E-state index contributed by atoms with van der Waals surface area (Å²) in [5.74, 6) is 1.04. The maximum Gasteiger partial charge on any atom is 0.264 e. The Balaban J connectivity index is 1.48. The molecule has 25 heavy (non-hydrogen) atoms. The molecule has 2 aliphatic rings. The number of hydrogen-bond donors (Lipinski definition) is 0. The van der Waals surface area contributed by atoms with Gasteiger partial charge in [-0.2, -0.15) is 0 Å². The smallest absolute Gasteiger partial charge is 0.264 e. The van der Waals surface area contributed by atoms with E-state index in [9.17, 15) is 4.79 Å². The first-order valence-electron chi connectivity index (χ1n) is 9.03. The van der Waals surface area contributed by atoms with Crippen molar-refractivity contribution in [2.45, 2.75) is 44.6 Å². The van der Waals surface area contributed by atoms with E-state index >= 15 is 0 Å². The van der Waals surface area contributed by atoms with Crippen molar-refractivity contribution < 1.29 is 4.79 Å². The molecule has 1 atom stereocenters. The van der Waals surface area contributed by atoms with Crippen molar-refractivity contribution in [1.82, 2.24) is 19.5 Å². The van der Waals surface area contributed by atoms with Gasteiger partial charge in [-0.15, -0.1) is 21.5 Å². The Kier molecular flexibility index (Phi) is 3.59. The molecule has 1 fully saturated rings. The fraction of sp³-hybridized carbons (Fsp3) is 0.421. The zero-order valence-corrected chi connectivity index (χ0v) is 14.8. The van der Waals surface area contributed by atoms with E-state index in [1.807, 2.05) is 33.7 Å². The van der Waals surface area contributed by atoms with Crippen LogP contribution in [0.25, 0.3) is 5.65 Å². The van der Waals surface area contributed by atoms with Crippen LogP contribution in [0.15, 0.2) is 30.5 Å². The van der Waals surface area contributed by atoms with E-state index in [1.54, 1.807) is 11.3 Å². The molecule has 6 heteroatoms. The average Bonchev–Trinajstić information content (AvgIpc) is 3.37. The van der Waals surface area contributed by atoms with E-state index in [4.69, 9.17) is 0 Å². The highest BCUT2D eigenvalue weighted by molar-refractivity contribution is 7.14. The number of rotatable bonds is 2. The third-order valence-electron chi connectivity index (χ3n) is 5.36. The summed E-state index contributed by atoms with van der Waals surface area (Å²) in [5, 5.41) is 8.65. The van der Waals surface area contributed by atoms with E-state index < -0.39 is 0 Å². The lowest BCUT2D eigenvalue weighted by molar-refractivity contribution is 0.0734. The lowest BCUT2D eigenvalue weighted by atomic mass is 9.99. The molecular weight excluding hydrogens is 332 g/mol. The van der Waals surface area contributed by atoms with Gasteiger partial charge in [0, 0.05) is 17.6 Å². The molecule has 1 aliphatic carbocycles. The molecule has 0 aromatic carbocycles. The molecule has 0 radical (unpaired) electrons. The number of thiophene rings is 1. The Morgan fingerprint density at radius 2 is 2.08 bits per heavy atom. The van der Waals surface area contributed by atoms with Crippen molar-refractivity contribution in [3.05, 3.63) is 51.6 Å². The number of hydrogen-bond acceptors (Lipinski definition) is 4. The molecule has 0 spiro atoms. The molecule has 5 rings (SSSR count). The highest BCUT2D eigenvalue weighted by atomic mass is 32.1. The molecule has 1 saturated heterocycles. The molecule has 1 aliphatic heterocycles. The van der Waals surface area contributed by atoms with E-state index in [0.29, 0.717) is 0 Å². The van der Waals surface area contributed by atoms with Gasteiger partial charge in [-0.25, -0.2) is 0 Å². The number of amides is 1. The van der Waals surface area contributed by atoms with Crippen LogP contribution in [-0.2, 0) is 12.8 Å². The molecule has 5 nitrogen and oxygen atoms in total. The summed E-state index contributed by atoms with van der Waals surface area (Å²) in [7, 11) is 0. The van der Waals surface area contributed by atoms with Gasteiger partial charge in [-0.3, -0.25) is 9.20 Å². The molecule has 3 aromatic rings. The fourth-order valence-corrected chi connectivity index (χ4v) is 5.31. The third-order valence-corrected chi connectivity index (χ3v) is 6.58. The summed E-state index contributed by atoms with van der Waals surface area (Å²) in [6.45, 7) is 0.799. The molecule has 1 unspecified atom stereocenters. The van der Waals surface area contributed by atoms with Gasteiger partial charge in [0.15, 0.2) is 11.5 Å². The predicted octanol–water partition coefficient (Wildman–Crippen LogP) is 3.65. The van der Waals surface area contributed by atoms with Crippen molar-refractivity contribution in [3.8, 4) is 0 Å². The summed E-state index contributed by atoms with van der Waals surface area (Å²) >= 11 is 1.70. The number of pyridine rings is 1. The first-order chi connectivity index (χ1) is 12.3. The van der Waals surface area contributed by atoms with Crippen molar-refractivity contribution in [2.24, 2.45) is 0 Å². The lowest BCUT2D eigenvalue weighted by Crippen LogP contribution is -2.31. The second-order valence-corrected chi connectivity index (χ2v) is 8.05. The van der Waals surface area contributed by atoms with Crippen molar-refractivity contribution >= 4 is 22.9 Å². The van der Waals surface area contributed by atoms with Crippen molar-refractivity contribution in [2.75, 3.05) is 6.54 Å². The van der Waals surface area contributed by atoms with Crippen LogP contribution in [0, 0.1) is 0 Å². The number of carbonyl (C=O) groups excluding carboxylic acids is 1. The third kappa shape index (κ3) is 2.47. The fourth-order valence-electron chi connectivity index (χ4n) is 4.10. The Morgan fingerprint density at radius 3 is 3.00 bits per heavy atom. The van der Waals surface area contributed by atoms with Gasteiger partial charge in [0.2, 0.25) is 0 Å². The number of carbonyl (C=O) groups is 1. The van der Waals surface area contributed by atoms with Crippen LogP contribution in [0.1, 0.15) is 57.7 Å². The maximum atomic E-state index is 13.2. The SMILES string of the molecule is O=C(c1cc2c(s1)CCCC2)N1CCCC1c1nnc2ccccn12. The topological polar surface area (TPSA) is 50.5 Å². The monoisotopic (exact) mass is 352 g/mol. The van der Waals surface area contributed by atoms with Crippen LogP contribution in [-0.4, -0.2) is 31.9 Å². The van der Waals surface area contributed by atoms with Crippen molar-refractivity contribution in [1.29, 1.82) is 0 Å². The number of aryl methyl sites for hydroxylation is 2. The summed E-state index contributed by atoms with van der Waals surface area (Å²) in [6.07, 6.45) is 8.70. The lowest BCUT2D eigenvalue weighted by Gasteiger charge is -2.22. The minimum Gasteiger partial charge on any atom is -0.328 e. The summed E-state index contributed by atoms with van der Waals surface area (Å²) in [6, 6.07) is 8.04. The number of aromatic nitrogens is 3. The Hall–Kier alpha value is -2.21. The average molecular weight is 352 g/mol. The molecular formula is C19H20N4OS. The molecule has 128 valence electrons. The molecule has 3 aromatic heterocycles.